The molecule has 0 saturated carbocycles. The Labute approximate surface area is 73.0 Å². The fourth-order valence-electron chi connectivity index (χ4n) is 0.843. The molecule has 0 saturated heterocycles. The molecule has 0 spiro atoms. The van der Waals surface area contributed by atoms with Crippen molar-refractivity contribution in [3.8, 4) is 0 Å². The van der Waals surface area contributed by atoms with Crippen LogP contribution < -0.4 is 11.1 Å². The normalized spacial score (nSPS) is 12.5. The van der Waals surface area contributed by atoms with Crippen LogP contribution in [0.3, 0.4) is 0 Å². The topological polar surface area (TPSA) is 50.9 Å². The van der Waals surface area contributed by atoms with Crippen LogP contribution in [0.25, 0.3) is 0 Å². The quantitative estimate of drug-likeness (QED) is 0.702. The predicted molar refractivity (Wildman–Crippen MR) is 50.9 cm³/mol. The summed E-state index contributed by atoms with van der Waals surface area (Å²) in [4.78, 5) is 3.99. The molecule has 1 rings (SSSR count). The number of hydrogen-bond donors (Lipinski definition) is 2. The molecule has 0 aliphatic carbocycles. The van der Waals surface area contributed by atoms with Crippen LogP contribution >= 0.6 is 0 Å². The van der Waals surface area contributed by atoms with E-state index < -0.39 is 0 Å². The Bertz CT molecular complexity index is 210. The van der Waals surface area contributed by atoms with E-state index in [9.17, 15) is 0 Å². The van der Waals surface area contributed by atoms with Crippen molar-refractivity contribution in [1.82, 2.24) is 4.98 Å². The van der Waals surface area contributed by atoms with Crippen molar-refractivity contribution in [3.05, 3.63) is 24.5 Å². The Hall–Kier alpha value is -1.09. The molecule has 0 aromatic carbocycles. The molecule has 0 amide bonds. The Morgan fingerprint density at radius 1 is 1.67 bits per heavy atom. The lowest BCUT2D eigenvalue weighted by Gasteiger charge is -2.10. The van der Waals surface area contributed by atoms with Crippen molar-refractivity contribution < 1.29 is 0 Å². The Balaban J connectivity index is 2.33. The van der Waals surface area contributed by atoms with Gasteiger partial charge in [0.15, 0.2) is 0 Å². The molecule has 1 unspecified atom stereocenters. The zero-order valence-corrected chi connectivity index (χ0v) is 7.33. The number of anilines is 1. The molecule has 1 aromatic rings. The van der Waals surface area contributed by atoms with Crippen LogP contribution in [0.15, 0.2) is 24.5 Å². The molecular formula is C9H15N3. The monoisotopic (exact) mass is 165 g/mol. The SMILES string of the molecule is CC(CN)CNc1cccnc1. The molecule has 0 fully saturated rings. The number of rotatable bonds is 4. The Kier molecular flexibility index (Phi) is 3.54. The van der Waals surface area contributed by atoms with Gasteiger partial charge < -0.3 is 11.1 Å². The molecule has 0 radical (unpaired) electrons. The van der Waals surface area contributed by atoms with E-state index in [0.717, 1.165) is 12.2 Å². The van der Waals surface area contributed by atoms with Crippen molar-refractivity contribution in [2.24, 2.45) is 11.7 Å². The zero-order valence-electron chi connectivity index (χ0n) is 7.33. The summed E-state index contributed by atoms with van der Waals surface area (Å²) in [5.74, 6) is 0.505. The molecule has 0 bridgehead atoms. The first kappa shape index (κ1) is 9.00. The highest BCUT2D eigenvalue weighted by Crippen LogP contribution is 2.03. The molecule has 3 nitrogen and oxygen atoms in total. The van der Waals surface area contributed by atoms with E-state index in [1.54, 1.807) is 6.20 Å². The fraction of sp³-hybridized carbons (Fsp3) is 0.444. The summed E-state index contributed by atoms with van der Waals surface area (Å²) in [6, 6.07) is 3.91. The minimum Gasteiger partial charge on any atom is -0.383 e. The van der Waals surface area contributed by atoms with Crippen molar-refractivity contribution in [1.29, 1.82) is 0 Å². The Morgan fingerprint density at radius 2 is 2.50 bits per heavy atom. The van der Waals surface area contributed by atoms with Gasteiger partial charge in [-0.25, -0.2) is 0 Å². The van der Waals surface area contributed by atoms with E-state index in [4.69, 9.17) is 5.73 Å². The predicted octanol–water partition coefficient (Wildman–Crippen LogP) is 1.09. The maximum absolute atomic E-state index is 5.48. The van der Waals surface area contributed by atoms with Gasteiger partial charge in [-0.05, 0) is 24.6 Å². The molecule has 0 aliphatic rings. The molecule has 66 valence electrons. The molecule has 1 atom stereocenters. The second-order valence-electron chi connectivity index (χ2n) is 2.96. The second-order valence-corrected chi connectivity index (χ2v) is 2.96. The highest BCUT2D eigenvalue weighted by molar-refractivity contribution is 5.39. The van der Waals surface area contributed by atoms with Crippen LogP contribution in [-0.4, -0.2) is 18.1 Å². The zero-order chi connectivity index (χ0) is 8.81. The summed E-state index contributed by atoms with van der Waals surface area (Å²) >= 11 is 0. The summed E-state index contributed by atoms with van der Waals surface area (Å²) < 4.78 is 0. The largest absolute Gasteiger partial charge is 0.383 e. The highest BCUT2D eigenvalue weighted by Gasteiger charge is 1.97. The van der Waals surface area contributed by atoms with Gasteiger partial charge in [-0.2, -0.15) is 0 Å². The minimum atomic E-state index is 0.505. The number of nitrogens with one attached hydrogen (secondary N) is 1. The summed E-state index contributed by atoms with van der Waals surface area (Å²) in [6.45, 7) is 3.73. The minimum absolute atomic E-state index is 0.505. The number of nitrogens with zero attached hydrogens (tertiary/aromatic N) is 1. The smallest absolute Gasteiger partial charge is 0.0526 e. The third-order valence-electron chi connectivity index (χ3n) is 1.72. The van der Waals surface area contributed by atoms with Crippen molar-refractivity contribution >= 4 is 5.69 Å². The lowest BCUT2D eigenvalue weighted by Crippen LogP contribution is -2.19. The molecule has 0 aliphatic heterocycles. The fourth-order valence-corrected chi connectivity index (χ4v) is 0.843. The van der Waals surface area contributed by atoms with Crippen LogP contribution in [0.2, 0.25) is 0 Å². The molecule has 3 heteroatoms. The van der Waals surface area contributed by atoms with Crippen LogP contribution in [0.1, 0.15) is 6.92 Å². The molecular weight excluding hydrogens is 150 g/mol. The van der Waals surface area contributed by atoms with Gasteiger partial charge in [0.1, 0.15) is 0 Å². The van der Waals surface area contributed by atoms with Gasteiger partial charge in [-0.3, -0.25) is 4.98 Å². The van der Waals surface area contributed by atoms with Crippen molar-refractivity contribution in [3.63, 3.8) is 0 Å². The average Bonchev–Trinajstić information content (AvgIpc) is 2.16. The number of aromatic nitrogens is 1. The summed E-state index contributed by atoms with van der Waals surface area (Å²) in [7, 11) is 0. The van der Waals surface area contributed by atoms with E-state index in [0.29, 0.717) is 12.5 Å². The van der Waals surface area contributed by atoms with Gasteiger partial charge in [0.2, 0.25) is 0 Å². The number of nitrogens with two attached hydrogens (primary N) is 1. The maximum Gasteiger partial charge on any atom is 0.0526 e. The number of pyridine rings is 1. The van der Waals surface area contributed by atoms with Crippen LogP contribution in [0.4, 0.5) is 5.69 Å². The van der Waals surface area contributed by atoms with E-state index in [1.165, 1.54) is 0 Å². The third-order valence-corrected chi connectivity index (χ3v) is 1.72. The molecule has 3 N–H and O–H groups in total. The van der Waals surface area contributed by atoms with Crippen molar-refractivity contribution in [2.45, 2.75) is 6.92 Å². The average molecular weight is 165 g/mol. The van der Waals surface area contributed by atoms with Gasteiger partial charge in [0.25, 0.3) is 0 Å². The van der Waals surface area contributed by atoms with E-state index in [1.807, 2.05) is 18.3 Å². The first-order chi connectivity index (χ1) is 5.83. The van der Waals surface area contributed by atoms with Gasteiger partial charge in [-0.15, -0.1) is 0 Å². The standard InChI is InChI=1S/C9H15N3/c1-8(5-10)6-12-9-3-2-4-11-7-9/h2-4,7-8,12H,5-6,10H2,1H3. The van der Waals surface area contributed by atoms with Crippen LogP contribution in [0, 0.1) is 5.92 Å². The van der Waals surface area contributed by atoms with E-state index in [-0.39, 0.29) is 0 Å². The molecule has 12 heavy (non-hydrogen) atoms. The van der Waals surface area contributed by atoms with Gasteiger partial charge in [-0.1, -0.05) is 6.92 Å². The highest BCUT2D eigenvalue weighted by atomic mass is 14.9. The molecule has 1 aromatic heterocycles. The van der Waals surface area contributed by atoms with Gasteiger partial charge >= 0.3 is 0 Å². The lowest BCUT2D eigenvalue weighted by atomic mass is 10.2. The summed E-state index contributed by atoms with van der Waals surface area (Å²) in [5.41, 5.74) is 6.53. The first-order valence-corrected chi connectivity index (χ1v) is 4.17. The first-order valence-electron chi connectivity index (χ1n) is 4.17. The van der Waals surface area contributed by atoms with E-state index in [2.05, 4.69) is 17.2 Å². The third kappa shape index (κ3) is 2.88. The molecule has 1 heterocycles. The van der Waals surface area contributed by atoms with E-state index >= 15 is 0 Å². The van der Waals surface area contributed by atoms with Crippen molar-refractivity contribution in [2.75, 3.05) is 18.4 Å². The van der Waals surface area contributed by atoms with Gasteiger partial charge in [0.05, 0.1) is 5.69 Å². The maximum atomic E-state index is 5.48. The van der Waals surface area contributed by atoms with Gasteiger partial charge in [0, 0.05) is 18.9 Å². The second kappa shape index (κ2) is 4.72. The number of hydrogen-bond acceptors (Lipinski definition) is 3. The van der Waals surface area contributed by atoms with Crippen LogP contribution in [-0.2, 0) is 0 Å². The Morgan fingerprint density at radius 3 is 3.08 bits per heavy atom. The summed E-state index contributed by atoms with van der Waals surface area (Å²) in [5, 5.41) is 3.25. The summed E-state index contributed by atoms with van der Waals surface area (Å²) in [6.07, 6.45) is 3.57. The lowest BCUT2D eigenvalue weighted by molar-refractivity contribution is 0.628. The van der Waals surface area contributed by atoms with Crippen LogP contribution in [0.5, 0.6) is 0 Å².